The van der Waals surface area contributed by atoms with Gasteiger partial charge in [0.05, 0.1) is 5.71 Å². The van der Waals surface area contributed by atoms with E-state index in [1.807, 2.05) is 0 Å². The molecule has 0 aliphatic carbocycles. The summed E-state index contributed by atoms with van der Waals surface area (Å²) in [4.78, 5) is 3.95. The number of allylic oxidation sites excluding steroid dienone is 2. The average molecular weight is 187 g/mol. The third-order valence-electron chi connectivity index (χ3n) is 1.73. The van der Waals surface area contributed by atoms with Crippen LogP contribution < -0.4 is 0 Å². The first-order valence-electron chi connectivity index (χ1n) is 4.14. The number of terminal acetylenes is 1. The van der Waals surface area contributed by atoms with Gasteiger partial charge in [-0.2, -0.15) is 0 Å². The summed E-state index contributed by atoms with van der Waals surface area (Å²) in [6.07, 6.45) is 8.17. The SMILES string of the molecule is C#C/C=C\C(=N/C)c1ccccc1F. The van der Waals surface area contributed by atoms with Crippen molar-refractivity contribution in [1.29, 1.82) is 0 Å². The monoisotopic (exact) mass is 187 g/mol. The lowest BCUT2D eigenvalue weighted by Crippen LogP contribution is -1.99. The molecule has 1 nitrogen and oxygen atoms in total. The number of hydrogen-bond donors (Lipinski definition) is 0. The molecule has 2 heteroatoms. The second-order valence-electron chi connectivity index (χ2n) is 2.59. The first-order valence-corrected chi connectivity index (χ1v) is 4.14. The minimum Gasteiger partial charge on any atom is -0.288 e. The highest BCUT2D eigenvalue weighted by atomic mass is 19.1. The Morgan fingerprint density at radius 1 is 1.50 bits per heavy atom. The van der Waals surface area contributed by atoms with Crippen molar-refractivity contribution >= 4 is 5.71 Å². The number of aliphatic imine (C=N–C) groups is 1. The maximum atomic E-state index is 13.3. The average Bonchev–Trinajstić information content (AvgIpc) is 2.21. The molecule has 0 saturated carbocycles. The molecule has 0 amide bonds. The van der Waals surface area contributed by atoms with Gasteiger partial charge in [-0.05, 0) is 24.3 Å². The fourth-order valence-electron chi connectivity index (χ4n) is 1.08. The lowest BCUT2D eigenvalue weighted by molar-refractivity contribution is 0.625. The minimum absolute atomic E-state index is 0.297. The molecule has 0 spiro atoms. The Kier molecular flexibility index (Phi) is 3.63. The van der Waals surface area contributed by atoms with Crippen LogP contribution in [0.3, 0.4) is 0 Å². The molecule has 0 radical (unpaired) electrons. The Bertz CT molecular complexity index is 411. The summed E-state index contributed by atoms with van der Waals surface area (Å²) in [5.41, 5.74) is 1.00. The maximum absolute atomic E-state index is 13.3. The van der Waals surface area contributed by atoms with Gasteiger partial charge in [0, 0.05) is 12.6 Å². The van der Waals surface area contributed by atoms with E-state index in [1.165, 1.54) is 12.1 Å². The molecule has 0 aliphatic heterocycles. The summed E-state index contributed by atoms with van der Waals surface area (Å²) in [5, 5.41) is 0. The van der Waals surface area contributed by atoms with Gasteiger partial charge >= 0.3 is 0 Å². The van der Waals surface area contributed by atoms with E-state index >= 15 is 0 Å². The first kappa shape index (κ1) is 10.2. The Morgan fingerprint density at radius 2 is 2.21 bits per heavy atom. The summed E-state index contributed by atoms with van der Waals surface area (Å²) in [5.74, 6) is 2.04. The van der Waals surface area contributed by atoms with Crippen molar-refractivity contribution in [1.82, 2.24) is 0 Å². The Hall–Kier alpha value is -1.88. The van der Waals surface area contributed by atoms with Gasteiger partial charge in [-0.1, -0.05) is 18.1 Å². The smallest absolute Gasteiger partial charge is 0.132 e. The van der Waals surface area contributed by atoms with Gasteiger partial charge in [0.25, 0.3) is 0 Å². The summed E-state index contributed by atoms with van der Waals surface area (Å²) in [6, 6.07) is 6.45. The highest BCUT2D eigenvalue weighted by Crippen LogP contribution is 2.08. The third kappa shape index (κ3) is 2.30. The van der Waals surface area contributed by atoms with Gasteiger partial charge < -0.3 is 0 Å². The quantitative estimate of drug-likeness (QED) is 0.498. The highest BCUT2D eigenvalue weighted by molar-refractivity contribution is 6.09. The van der Waals surface area contributed by atoms with Crippen molar-refractivity contribution < 1.29 is 4.39 Å². The van der Waals surface area contributed by atoms with E-state index in [4.69, 9.17) is 6.42 Å². The number of halogens is 1. The number of nitrogens with zero attached hydrogens (tertiary/aromatic N) is 1. The summed E-state index contributed by atoms with van der Waals surface area (Å²) >= 11 is 0. The predicted molar refractivity (Wildman–Crippen MR) is 56.8 cm³/mol. The van der Waals surface area contributed by atoms with Crippen molar-refractivity contribution in [2.45, 2.75) is 0 Å². The molecule has 0 N–H and O–H groups in total. The summed E-state index contributed by atoms with van der Waals surface area (Å²) < 4.78 is 13.3. The molecule has 1 rings (SSSR count). The molecule has 14 heavy (non-hydrogen) atoms. The van der Waals surface area contributed by atoms with E-state index in [-0.39, 0.29) is 5.82 Å². The number of rotatable bonds is 2. The van der Waals surface area contributed by atoms with Crippen LogP contribution in [0.15, 0.2) is 41.4 Å². The van der Waals surface area contributed by atoms with Gasteiger partial charge in [-0.25, -0.2) is 4.39 Å². The van der Waals surface area contributed by atoms with Crippen LogP contribution in [0.2, 0.25) is 0 Å². The zero-order valence-electron chi connectivity index (χ0n) is 7.87. The molecule has 0 heterocycles. The number of benzene rings is 1. The maximum Gasteiger partial charge on any atom is 0.132 e. The molecule has 1 aromatic rings. The molecule has 0 atom stereocenters. The van der Waals surface area contributed by atoms with E-state index in [2.05, 4.69) is 10.9 Å². The van der Waals surface area contributed by atoms with Gasteiger partial charge in [0.15, 0.2) is 0 Å². The second-order valence-corrected chi connectivity index (χ2v) is 2.59. The molecule has 0 aliphatic rings. The summed E-state index contributed by atoms with van der Waals surface area (Å²) in [6.45, 7) is 0. The lowest BCUT2D eigenvalue weighted by Gasteiger charge is -2.00. The van der Waals surface area contributed by atoms with Crippen molar-refractivity contribution in [3.8, 4) is 12.3 Å². The van der Waals surface area contributed by atoms with Crippen molar-refractivity contribution in [2.75, 3.05) is 7.05 Å². The summed E-state index contributed by atoms with van der Waals surface area (Å²) in [7, 11) is 1.60. The largest absolute Gasteiger partial charge is 0.288 e. The predicted octanol–water partition coefficient (Wildman–Crippen LogP) is 2.43. The number of hydrogen-bond acceptors (Lipinski definition) is 1. The van der Waals surface area contributed by atoms with Crippen molar-refractivity contribution in [3.05, 3.63) is 47.8 Å². The molecule has 0 unspecified atom stereocenters. The van der Waals surface area contributed by atoms with E-state index < -0.39 is 0 Å². The van der Waals surface area contributed by atoms with E-state index in [0.717, 1.165) is 0 Å². The van der Waals surface area contributed by atoms with Crippen LogP contribution in [0.4, 0.5) is 4.39 Å². The molecular formula is C12H10FN. The first-order chi connectivity index (χ1) is 6.79. The molecule has 0 bridgehead atoms. The van der Waals surface area contributed by atoms with Crippen molar-refractivity contribution in [2.24, 2.45) is 4.99 Å². The Labute approximate surface area is 83.0 Å². The fourth-order valence-corrected chi connectivity index (χ4v) is 1.08. The van der Waals surface area contributed by atoms with Crippen LogP contribution in [0.25, 0.3) is 0 Å². The van der Waals surface area contributed by atoms with Gasteiger partial charge in [-0.15, -0.1) is 6.42 Å². The van der Waals surface area contributed by atoms with Gasteiger partial charge in [-0.3, -0.25) is 4.99 Å². The Balaban J connectivity index is 3.10. The van der Waals surface area contributed by atoms with Gasteiger partial charge in [0.1, 0.15) is 5.82 Å². The molecular weight excluding hydrogens is 177 g/mol. The van der Waals surface area contributed by atoms with E-state index in [9.17, 15) is 4.39 Å². The highest BCUT2D eigenvalue weighted by Gasteiger charge is 2.03. The van der Waals surface area contributed by atoms with E-state index in [1.54, 1.807) is 31.3 Å². The van der Waals surface area contributed by atoms with Crippen LogP contribution in [-0.4, -0.2) is 12.8 Å². The molecule has 0 aromatic heterocycles. The van der Waals surface area contributed by atoms with Crippen LogP contribution >= 0.6 is 0 Å². The van der Waals surface area contributed by atoms with Crippen LogP contribution in [0.1, 0.15) is 5.56 Å². The standard InChI is InChI=1S/C12H10FN/c1-3-4-9-12(14-2)10-7-5-6-8-11(10)13/h1,4-9H,2H3/b9-4-,14-12+. The zero-order valence-corrected chi connectivity index (χ0v) is 7.87. The van der Waals surface area contributed by atoms with Crippen LogP contribution in [0, 0.1) is 18.2 Å². The fraction of sp³-hybridized carbons (Fsp3) is 0.0833. The molecule has 70 valence electrons. The zero-order chi connectivity index (χ0) is 10.4. The molecule has 0 fully saturated rings. The van der Waals surface area contributed by atoms with E-state index in [0.29, 0.717) is 11.3 Å². The minimum atomic E-state index is -0.297. The third-order valence-corrected chi connectivity index (χ3v) is 1.73. The van der Waals surface area contributed by atoms with Crippen LogP contribution in [-0.2, 0) is 0 Å². The van der Waals surface area contributed by atoms with Gasteiger partial charge in [0.2, 0.25) is 0 Å². The molecule has 1 aromatic carbocycles. The van der Waals surface area contributed by atoms with Crippen LogP contribution in [0.5, 0.6) is 0 Å². The second kappa shape index (κ2) is 4.98. The lowest BCUT2D eigenvalue weighted by atomic mass is 10.1. The van der Waals surface area contributed by atoms with Crippen molar-refractivity contribution in [3.63, 3.8) is 0 Å². The Morgan fingerprint density at radius 3 is 2.79 bits per heavy atom. The normalized spacial score (nSPS) is 11.6. The topological polar surface area (TPSA) is 12.4 Å². The molecule has 0 saturated heterocycles.